The van der Waals surface area contributed by atoms with E-state index in [0.717, 1.165) is 12.8 Å². The monoisotopic (exact) mass is 172 g/mol. The lowest BCUT2D eigenvalue weighted by molar-refractivity contribution is 0.113. The van der Waals surface area contributed by atoms with Crippen molar-refractivity contribution in [3.05, 3.63) is 0 Å². The molecule has 1 heteroatoms. The Hall–Kier alpha value is -0.0400. The van der Waals surface area contributed by atoms with Gasteiger partial charge < -0.3 is 5.11 Å². The van der Waals surface area contributed by atoms with Gasteiger partial charge in [0, 0.05) is 6.61 Å². The van der Waals surface area contributed by atoms with Crippen molar-refractivity contribution in [3.8, 4) is 0 Å². The smallest absolute Gasteiger partial charge is 0.0431 e. The number of aliphatic hydroxyl groups excluding tert-OH is 1. The maximum Gasteiger partial charge on any atom is 0.0431 e. The molecule has 0 aromatic rings. The van der Waals surface area contributed by atoms with E-state index in [9.17, 15) is 0 Å². The molecule has 0 fully saturated rings. The Bertz CT molecular complexity index is 119. The van der Waals surface area contributed by atoms with E-state index in [1.54, 1.807) is 0 Å². The second-order valence-electron chi connectivity index (χ2n) is 5.31. The van der Waals surface area contributed by atoms with Crippen molar-refractivity contribution in [2.75, 3.05) is 6.61 Å². The molecule has 1 nitrogen and oxygen atoms in total. The third kappa shape index (κ3) is 3.57. The fourth-order valence-corrected chi connectivity index (χ4v) is 1.05. The second-order valence-corrected chi connectivity index (χ2v) is 5.31. The van der Waals surface area contributed by atoms with Gasteiger partial charge in [-0.3, -0.25) is 0 Å². The van der Waals surface area contributed by atoms with Crippen LogP contribution in [-0.4, -0.2) is 11.7 Å². The Morgan fingerprint density at radius 2 is 1.42 bits per heavy atom. The highest BCUT2D eigenvalue weighted by atomic mass is 16.2. The van der Waals surface area contributed by atoms with Crippen molar-refractivity contribution in [2.24, 2.45) is 10.8 Å². The first-order chi connectivity index (χ1) is 5.31. The number of unbranched alkanes of at least 4 members (excludes halogenated alkanes) is 1. The van der Waals surface area contributed by atoms with Crippen molar-refractivity contribution in [3.63, 3.8) is 0 Å². The maximum absolute atomic E-state index is 8.67. The lowest BCUT2D eigenvalue weighted by Crippen LogP contribution is -2.29. The molecule has 0 rings (SSSR count). The number of aliphatic hydroxyl groups is 1. The molecule has 0 bridgehead atoms. The Kier molecular flexibility index (Phi) is 4.25. The summed E-state index contributed by atoms with van der Waals surface area (Å²) in [6, 6.07) is 0. The third-order valence-corrected chi connectivity index (χ3v) is 3.24. The molecular weight excluding hydrogens is 148 g/mol. The summed E-state index contributed by atoms with van der Waals surface area (Å²) in [5.41, 5.74) is 0.741. The molecule has 0 aromatic heterocycles. The van der Waals surface area contributed by atoms with Crippen molar-refractivity contribution in [1.29, 1.82) is 0 Å². The zero-order valence-corrected chi connectivity index (χ0v) is 9.28. The lowest BCUT2D eigenvalue weighted by Gasteiger charge is -2.39. The summed E-state index contributed by atoms with van der Waals surface area (Å²) in [7, 11) is 0. The van der Waals surface area contributed by atoms with Gasteiger partial charge in [0.15, 0.2) is 0 Å². The maximum atomic E-state index is 8.67. The highest BCUT2D eigenvalue weighted by molar-refractivity contribution is 4.81. The molecule has 0 aliphatic carbocycles. The van der Waals surface area contributed by atoms with E-state index in [0.29, 0.717) is 17.4 Å². The molecule has 0 aliphatic rings. The molecule has 0 aliphatic heterocycles. The van der Waals surface area contributed by atoms with Gasteiger partial charge >= 0.3 is 0 Å². The molecule has 0 aromatic carbocycles. The van der Waals surface area contributed by atoms with E-state index in [2.05, 4.69) is 34.6 Å². The van der Waals surface area contributed by atoms with Crippen LogP contribution in [0.5, 0.6) is 0 Å². The first-order valence-corrected chi connectivity index (χ1v) is 4.92. The summed E-state index contributed by atoms with van der Waals surface area (Å²) in [6.07, 6.45) is 3.29. The minimum absolute atomic E-state index is 0.334. The fraction of sp³-hybridized carbons (Fsp3) is 1.00. The molecule has 1 N–H and O–H groups in total. The quantitative estimate of drug-likeness (QED) is 0.645. The zero-order valence-electron chi connectivity index (χ0n) is 9.28. The predicted octanol–water partition coefficient (Wildman–Crippen LogP) is 3.22. The van der Waals surface area contributed by atoms with Gasteiger partial charge in [0.2, 0.25) is 0 Å². The van der Waals surface area contributed by atoms with Crippen LogP contribution in [-0.2, 0) is 0 Å². The van der Waals surface area contributed by atoms with Gasteiger partial charge in [-0.1, -0.05) is 41.0 Å². The van der Waals surface area contributed by atoms with Crippen molar-refractivity contribution in [2.45, 2.75) is 53.9 Å². The van der Waals surface area contributed by atoms with Crippen LogP contribution in [0, 0.1) is 10.8 Å². The Labute approximate surface area is 77.2 Å². The number of rotatable bonds is 4. The summed E-state index contributed by atoms with van der Waals surface area (Å²) < 4.78 is 0. The molecule has 0 unspecified atom stereocenters. The van der Waals surface area contributed by atoms with Crippen LogP contribution >= 0.6 is 0 Å². The molecule has 0 saturated heterocycles. The zero-order chi connectivity index (χ0) is 9.83. The van der Waals surface area contributed by atoms with Crippen molar-refractivity contribution >= 4 is 0 Å². The SMILES string of the molecule is CC(C)(C)C(C)(C)CCCCO. The van der Waals surface area contributed by atoms with E-state index in [4.69, 9.17) is 5.11 Å². The van der Waals surface area contributed by atoms with Crippen LogP contribution in [0.25, 0.3) is 0 Å². The summed E-state index contributed by atoms with van der Waals surface area (Å²) in [6.45, 7) is 11.8. The molecule has 0 amide bonds. The lowest BCUT2D eigenvalue weighted by atomic mass is 9.67. The largest absolute Gasteiger partial charge is 0.396 e. The molecule has 0 radical (unpaired) electrons. The van der Waals surface area contributed by atoms with Crippen LogP contribution in [0.4, 0.5) is 0 Å². The predicted molar refractivity (Wildman–Crippen MR) is 54.2 cm³/mol. The highest BCUT2D eigenvalue weighted by Crippen LogP contribution is 2.41. The van der Waals surface area contributed by atoms with Crippen LogP contribution in [0.1, 0.15) is 53.9 Å². The van der Waals surface area contributed by atoms with Crippen molar-refractivity contribution in [1.82, 2.24) is 0 Å². The summed E-state index contributed by atoms with van der Waals surface area (Å²) in [5.74, 6) is 0. The molecular formula is C11H24O. The van der Waals surface area contributed by atoms with Gasteiger partial charge in [0.1, 0.15) is 0 Å². The molecule has 0 saturated carbocycles. The van der Waals surface area contributed by atoms with E-state index in [1.165, 1.54) is 6.42 Å². The first-order valence-electron chi connectivity index (χ1n) is 4.92. The van der Waals surface area contributed by atoms with Crippen LogP contribution in [0.15, 0.2) is 0 Å². The van der Waals surface area contributed by atoms with E-state index < -0.39 is 0 Å². The van der Waals surface area contributed by atoms with Gasteiger partial charge in [-0.15, -0.1) is 0 Å². The van der Waals surface area contributed by atoms with Gasteiger partial charge in [-0.2, -0.15) is 0 Å². The average Bonchev–Trinajstić information content (AvgIpc) is 1.85. The minimum Gasteiger partial charge on any atom is -0.396 e. The molecule has 0 spiro atoms. The van der Waals surface area contributed by atoms with E-state index >= 15 is 0 Å². The van der Waals surface area contributed by atoms with E-state index in [1.807, 2.05) is 0 Å². The number of hydrogen-bond acceptors (Lipinski definition) is 1. The van der Waals surface area contributed by atoms with E-state index in [-0.39, 0.29) is 0 Å². The average molecular weight is 172 g/mol. The number of hydrogen-bond donors (Lipinski definition) is 1. The molecule has 12 heavy (non-hydrogen) atoms. The summed E-state index contributed by atoms with van der Waals surface area (Å²) in [5, 5.41) is 8.67. The molecule has 0 atom stereocenters. The Morgan fingerprint density at radius 1 is 0.917 bits per heavy atom. The van der Waals surface area contributed by atoms with Crippen molar-refractivity contribution < 1.29 is 5.11 Å². The topological polar surface area (TPSA) is 20.2 Å². The first kappa shape index (κ1) is 12.0. The normalized spacial score (nSPS) is 13.5. The molecule has 74 valence electrons. The van der Waals surface area contributed by atoms with Crippen LogP contribution in [0.3, 0.4) is 0 Å². The summed E-state index contributed by atoms with van der Waals surface area (Å²) >= 11 is 0. The Balaban J connectivity index is 3.88. The fourth-order valence-electron chi connectivity index (χ4n) is 1.05. The third-order valence-electron chi connectivity index (χ3n) is 3.24. The Morgan fingerprint density at radius 3 is 1.75 bits per heavy atom. The standard InChI is InChI=1S/C11H24O/c1-10(2,3)11(4,5)8-6-7-9-12/h12H,6-9H2,1-5H3. The minimum atomic E-state index is 0.334. The highest BCUT2D eigenvalue weighted by Gasteiger charge is 2.31. The second kappa shape index (κ2) is 4.27. The summed E-state index contributed by atoms with van der Waals surface area (Å²) in [4.78, 5) is 0. The van der Waals surface area contributed by atoms with Crippen LogP contribution < -0.4 is 0 Å². The molecule has 0 heterocycles. The van der Waals surface area contributed by atoms with Crippen LogP contribution in [0.2, 0.25) is 0 Å². The van der Waals surface area contributed by atoms with Gasteiger partial charge in [-0.25, -0.2) is 0 Å². The van der Waals surface area contributed by atoms with Gasteiger partial charge in [-0.05, 0) is 23.7 Å². The van der Waals surface area contributed by atoms with Gasteiger partial charge in [0.25, 0.3) is 0 Å². The van der Waals surface area contributed by atoms with Gasteiger partial charge in [0.05, 0.1) is 0 Å².